The van der Waals surface area contributed by atoms with Crippen molar-refractivity contribution in [2.75, 3.05) is 33.4 Å². The predicted molar refractivity (Wildman–Crippen MR) is 97.3 cm³/mol. The lowest BCUT2D eigenvalue weighted by Crippen LogP contribution is -2.40. The zero-order chi connectivity index (χ0) is 14.6. The van der Waals surface area contributed by atoms with Gasteiger partial charge >= 0.3 is 0 Å². The molecule has 1 rings (SSSR count). The minimum atomic E-state index is 0. The largest absolute Gasteiger partial charge is 0.380 e. The summed E-state index contributed by atoms with van der Waals surface area (Å²) in [7, 11) is 1.77. The van der Waals surface area contributed by atoms with E-state index in [-0.39, 0.29) is 24.0 Å². The summed E-state index contributed by atoms with van der Waals surface area (Å²) in [6, 6.07) is 0. The topological polar surface area (TPSA) is 63.5 Å². The average molecular weight is 409 g/mol. The molecule has 0 fully saturated rings. The second-order valence-corrected chi connectivity index (χ2v) is 5.02. The molecule has 0 aliphatic rings. The highest BCUT2D eigenvalue weighted by molar-refractivity contribution is 14.0. The van der Waals surface area contributed by atoms with Crippen molar-refractivity contribution in [2.45, 2.75) is 26.8 Å². The number of ether oxygens (including phenoxy) is 1. The number of guanidine groups is 1. The Morgan fingerprint density at radius 1 is 1.29 bits per heavy atom. The number of rotatable bonds is 9. The van der Waals surface area contributed by atoms with Crippen molar-refractivity contribution in [3.05, 3.63) is 18.7 Å². The van der Waals surface area contributed by atoms with Gasteiger partial charge in [-0.2, -0.15) is 0 Å². The van der Waals surface area contributed by atoms with E-state index in [0.717, 1.165) is 38.6 Å². The van der Waals surface area contributed by atoms with E-state index in [1.165, 1.54) is 0 Å². The third-order valence-electron chi connectivity index (χ3n) is 2.82. The first-order valence-electron chi connectivity index (χ1n) is 7.20. The van der Waals surface area contributed by atoms with Gasteiger partial charge < -0.3 is 19.9 Å². The van der Waals surface area contributed by atoms with E-state index in [9.17, 15) is 0 Å². The molecule has 1 heterocycles. The molecule has 0 aliphatic carbocycles. The Morgan fingerprint density at radius 2 is 2.05 bits per heavy atom. The smallest absolute Gasteiger partial charge is 0.191 e. The van der Waals surface area contributed by atoms with E-state index in [0.29, 0.717) is 12.5 Å². The summed E-state index contributed by atoms with van der Waals surface area (Å²) in [5.74, 6) is 1.50. The fraction of sp³-hybridized carbons (Fsp3) is 0.714. The Hall–Kier alpha value is -0.830. The van der Waals surface area contributed by atoms with Gasteiger partial charge in [-0.15, -0.1) is 24.0 Å². The summed E-state index contributed by atoms with van der Waals surface area (Å²) in [5.41, 5.74) is 0. The maximum Gasteiger partial charge on any atom is 0.191 e. The van der Waals surface area contributed by atoms with Crippen LogP contribution in [-0.4, -0.2) is 48.9 Å². The van der Waals surface area contributed by atoms with Crippen molar-refractivity contribution in [3.8, 4) is 0 Å². The molecule has 0 atom stereocenters. The van der Waals surface area contributed by atoms with Gasteiger partial charge in [0.15, 0.2) is 5.96 Å². The van der Waals surface area contributed by atoms with Gasteiger partial charge in [-0.25, -0.2) is 4.98 Å². The van der Waals surface area contributed by atoms with Crippen molar-refractivity contribution in [1.29, 1.82) is 0 Å². The number of imidazole rings is 1. The van der Waals surface area contributed by atoms with Crippen molar-refractivity contribution in [3.63, 3.8) is 0 Å². The number of halogens is 1. The Labute approximate surface area is 144 Å². The number of nitrogens with zero attached hydrogens (tertiary/aromatic N) is 3. The Morgan fingerprint density at radius 3 is 2.67 bits per heavy atom. The first-order valence-corrected chi connectivity index (χ1v) is 7.20. The van der Waals surface area contributed by atoms with E-state index in [4.69, 9.17) is 4.74 Å². The van der Waals surface area contributed by atoms with Crippen LogP contribution in [0, 0.1) is 5.92 Å². The molecule has 7 heteroatoms. The van der Waals surface area contributed by atoms with Gasteiger partial charge in [0.25, 0.3) is 0 Å². The number of aromatic nitrogens is 2. The quantitative estimate of drug-likeness (QED) is 0.282. The van der Waals surface area contributed by atoms with Crippen LogP contribution in [0.15, 0.2) is 23.7 Å². The van der Waals surface area contributed by atoms with Gasteiger partial charge in [0.05, 0.1) is 12.9 Å². The summed E-state index contributed by atoms with van der Waals surface area (Å²) < 4.78 is 7.57. The Bertz CT molecular complexity index is 367. The van der Waals surface area contributed by atoms with Crippen molar-refractivity contribution >= 4 is 29.9 Å². The van der Waals surface area contributed by atoms with Crippen LogP contribution < -0.4 is 10.6 Å². The average Bonchev–Trinajstić information content (AvgIpc) is 2.93. The molecule has 2 N–H and O–H groups in total. The lowest BCUT2D eigenvalue weighted by atomic mass is 10.1. The molecule has 0 unspecified atom stereocenters. The molecule has 1 aromatic heterocycles. The van der Waals surface area contributed by atoms with Crippen LogP contribution in [0.1, 0.15) is 20.3 Å². The summed E-state index contributed by atoms with van der Waals surface area (Å²) in [6.45, 7) is 8.38. The lowest BCUT2D eigenvalue weighted by molar-refractivity contribution is 0.128. The molecule has 6 nitrogen and oxygen atoms in total. The predicted octanol–water partition coefficient (Wildman–Crippen LogP) is 1.73. The highest BCUT2D eigenvalue weighted by Gasteiger charge is 1.98. The zero-order valence-corrected chi connectivity index (χ0v) is 15.5. The molecule has 0 spiro atoms. The fourth-order valence-electron chi connectivity index (χ4n) is 1.61. The van der Waals surface area contributed by atoms with Gasteiger partial charge in [0.1, 0.15) is 0 Å². The van der Waals surface area contributed by atoms with Crippen molar-refractivity contribution in [1.82, 2.24) is 20.2 Å². The van der Waals surface area contributed by atoms with Crippen molar-refractivity contribution in [2.24, 2.45) is 10.9 Å². The van der Waals surface area contributed by atoms with Crippen LogP contribution in [0.4, 0.5) is 0 Å². The van der Waals surface area contributed by atoms with Crippen LogP contribution in [0.5, 0.6) is 0 Å². The zero-order valence-electron chi connectivity index (χ0n) is 13.2. The monoisotopic (exact) mass is 409 g/mol. The maximum atomic E-state index is 5.55. The molecule has 1 aromatic rings. The van der Waals surface area contributed by atoms with Gasteiger partial charge in [-0.1, -0.05) is 13.8 Å². The van der Waals surface area contributed by atoms with Crippen LogP contribution in [-0.2, 0) is 11.3 Å². The van der Waals surface area contributed by atoms with Crippen LogP contribution in [0.2, 0.25) is 0 Å². The molecule has 0 amide bonds. The number of hydrogen-bond acceptors (Lipinski definition) is 3. The van der Waals surface area contributed by atoms with Crippen LogP contribution >= 0.6 is 24.0 Å². The second-order valence-electron chi connectivity index (χ2n) is 5.02. The van der Waals surface area contributed by atoms with E-state index >= 15 is 0 Å². The maximum absolute atomic E-state index is 5.55. The third kappa shape index (κ3) is 10.5. The molecule has 21 heavy (non-hydrogen) atoms. The summed E-state index contributed by atoms with van der Waals surface area (Å²) in [4.78, 5) is 8.17. The molecular weight excluding hydrogens is 381 g/mol. The van der Waals surface area contributed by atoms with Gasteiger partial charge in [0, 0.05) is 45.7 Å². The number of hydrogen-bond donors (Lipinski definition) is 2. The minimum absolute atomic E-state index is 0. The van der Waals surface area contributed by atoms with Crippen LogP contribution in [0.25, 0.3) is 0 Å². The van der Waals surface area contributed by atoms with E-state index in [1.807, 2.05) is 10.8 Å². The first kappa shape index (κ1) is 20.2. The van der Waals surface area contributed by atoms with Gasteiger partial charge in [-0.05, 0) is 12.3 Å². The highest BCUT2D eigenvalue weighted by atomic mass is 127. The second kappa shape index (κ2) is 12.9. The molecule has 122 valence electrons. The van der Waals surface area contributed by atoms with E-state index in [2.05, 4.69) is 34.5 Å². The van der Waals surface area contributed by atoms with E-state index < -0.39 is 0 Å². The number of aliphatic imine (C=N–C) groups is 1. The molecule has 0 saturated heterocycles. The minimum Gasteiger partial charge on any atom is -0.380 e. The SMILES string of the molecule is CN=C(NCCOCCC(C)C)NCCn1ccnc1.I. The molecule has 0 aromatic carbocycles. The normalized spacial score (nSPS) is 11.3. The molecule has 0 radical (unpaired) electrons. The Kier molecular flexibility index (Phi) is 12.4. The standard InChI is InChI=1S/C14H27N5O.HI/c1-13(2)4-10-20-11-7-18-14(15-3)17-6-9-19-8-5-16-12-19;/h5,8,12-13H,4,6-7,9-11H2,1-3H3,(H2,15,17,18);1H. The first-order chi connectivity index (χ1) is 9.72. The number of nitrogens with one attached hydrogen (secondary N) is 2. The van der Waals surface area contributed by atoms with E-state index in [1.54, 1.807) is 19.6 Å². The third-order valence-corrected chi connectivity index (χ3v) is 2.82. The van der Waals surface area contributed by atoms with Crippen molar-refractivity contribution < 1.29 is 4.74 Å². The Balaban J connectivity index is 0.00000400. The molecule has 0 aliphatic heterocycles. The fourth-order valence-corrected chi connectivity index (χ4v) is 1.61. The lowest BCUT2D eigenvalue weighted by Gasteiger charge is -2.12. The van der Waals surface area contributed by atoms with Gasteiger partial charge in [0.2, 0.25) is 0 Å². The molecule has 0 bridgehead atoms. The highest BCUT2D eigenvalue weighted by Crippen LogP contribution is 1.98. The summed E-state index contributed by atoms with van der Waals surface area (Å²) in [6.07, 6.45) is 6.64. The molecular formula is C14H28IN5O. The summed E-state index contributed by atoms with van der Waals surface area (Å²) in [5, 5.41) is 6.48. The molecule has 0 saturated carbocycles. The van der Waals surface area contributed by atoms with Gasteiger partial charge in [-0.3, -0.25) is 4.99 Å². The van der Waals surface area contributed by atoms with Crippen LogP contribution in [0.3, 0.4) is 0 Å². The summed E-state index contributed by atoms with van der Waals surface area (Å²) >= 11 is 0.